The lowest BCUT2D eigenvalue weighted by Gasteiger charge is -2.10. The average Bonchev–Trinajstić information content (AvgIpc) is 2.58. The molecule has 0 unspecified atom stereocenters. The van der Waals surface area contributed by atoms with Crippen molar-refractivity contribution in [2.24, 2.45) is 0 Å². The van der Waals surface area contributed by atoms with Crippen molar-refractivity contribution >= 4 is 5.78 Å². The van der Waals surface area contributed by atoms with Crippen LogP contribution >= 0.6 is 0 Å². The smallest absolute Gasteiger partial charge is 0.159 e. The highest BCUT2D eigenvalue weighted by atomic mass is 16.5. The fourth-order valence-corrected chi connectivity index (χ4v) is 2.27. The molecule has 0 N–H and O–H groups in total. The fourth-order valence-electron chi connectivity index (χ4n) is 2.27. The van der Waals surface area contributed by atoms with Gasteiger partial charge in [0.15, 0.2) is 5.78 Å². The summed E-state index contributed by atoms with van der Waals surface area (Å²) in [6.45, 7) is 1.55. The molecule has 1 aliphatic carbocycles. The van der Waals surface area contributed by atoms with Gasteiger partial charge in [0.2, 0.25) is 0 Å². The van der Waals surface area contributed by atoms with Crippen LogP contribution in [0.2, 0.25) is 0 Å². The third-order valence-electron chi connectivity index (χ3n) is 3.52. The molecule has 0 saturated heterocycles. The highest BCUT2D eigenvalue weighted by molar-refractivity contribution is 5.94. The third kappa shape index (κ3) is 4.10. The molecule has 3 heteroatoms. The number of allylic oxidation sites excluding steroid dienone is 3. The zero-order valence-corrected chi connectivity index (χ0v) is 13.0. The number of Topliss-reactive ketones (excluding diaryl/α,β-unsaturated/α-hetero) is 1. The van der Waals surface area contributed by atoms with E-state index in [2.05, 4.69) is 12.2 Å². The molecule has 0 amide bonds. The number of benzene rings is 2. The molecule has 0 aromatic heterocycles. The second kappa shape index (κ2) is 6.97. The first-order valence-electron chi connectivity index (χ1n) is 7.64. The predicted octanol–water partition coefficient (Wildman–Crippen LogP) is 5.29. The summed E-state index contributed by atoms with van der Waals surface area (Å²) in [5.41, 5.74) is 0.676. The molecule has 2 aromatic rings. The topological polar surface area (TPSA) is 35.5 Å². The first-order chi connectivity index (χ1) is 11.2. The lowest BCUT2D eigenvalue weighted by molar-refractivity contribution is 0.101. The van der Waals surface area contributed by atoms with Gasteiger partial charge in [-0.25, -0.2) is 0 Å². The van der Waals surface area contributed by atoms with Gasteiger partial charge in [-0.3, -0.25) is 4.79 Å². The van der Waals surface area contributed by atoms with E-state index < -0.39 is 0 Å². The number of ether oxygens (including phenoxy) is 2. The summed E-state index contributed by atoms with van der Waals surface area (Å²) in [5, 5.41) is 0. The maximum Gasteiger partial charge on any atom is 0.159 e. The van der Waals surface area contributed by atoms with E-state index in [4.69, 9.17) is 9.47 Å². The maximum atomic E-state index is 11.3. The van der Waals surface area contributed by atoms with Gasteiger partial charge in [-0.05, 0) is 80.4 Å². The summed E-state index contributed by atoms with van der Waals surface area (Å²) < 4.78 is 11.5. The molecule has 0 fully saturated rings. The van der Waals surface area contributed by atoms with Crippen LogP contribution in [0.5, 0.6) is 17.2 Å². The summed E-state index contributed by atoms with van der Waals surface area (Å²) >= 11 is 0. The lowest BCUT2D eigenvalue weighted by Crippen LogP contribution is -1.95. The first kappa shape index (κ1) is 15.1. The van der Waals surface area contributed by atoms with E-state index in [1.54, 1.807) is 31.2 Å². The Morgan fingerprint density at radius 2 is 1.39 bits per heavy atom. The average molecular weight is 306 g/mol. The van der Waals surface area contributed by atoms with E-state index in [9.17, 15) is 4.79 Å². The molecule has 1 aliphatic rings. The Kier molecular flexibility index (Phi) is 4.57. The third-order valence-corrected chi connectivity index (χ3v) is 3.52. The SMILES string of the molecule is CC(=O)c1ccc(Oc2ccc(OC3=CCCC=C3)cc2)cc1. The number of hydrogen-bond acceptors (Lipinski definition) is 3. The van der Waals surface area contributed by atoms with Gasteiger partial charge < -0.3 is 9.47 Å². The number of hydrogen-bond donors (Lipinski definition) is 0. The van der Waals surface area contributed by atoms with Crippen LogP contribution in [0.4, 0.5) is 0 Å². The quantitative estimate of drug-likeness (QED) is 0.704. The molecule has 2 aromatic carbocycles. The van der Waals surface area contributed by atoms with Crippen LogP contribution in [-0.2, 0) is 0 Å². The lowest BCUT2D eigenvalue weighted by atomic mass is 10.1. The van der Waals surface area contributed by atoms with Gasteiger partial charge in [0.05, 0.1) is 0 Å². The molecule has 0 bridgehead atoms. The van der Waals surface area contributed by atoms with Crippen LogP contribution < -0.4 is 9.47 Å². The number of ketones is 1. The number of carbonyl (C=O) groups excluding carboxylic acids is 1. The van der Waals surface area contributed by atoms with Crippen LogP contribution in [0.25, 0.3) is 0 Å². The Bertz CT molecular complexity index is 737. The minimum Gasteiger partial charge on any atom is -0.458 e. The van der Waals surface area contributed by atoms with Gasteiger partial charge in [0, 0.05) is 5.56 Å². The molecule has 23 heavy (non-hydrogen) atoms. The monoisotopic (exact) mass is 306 g/mol. The van der Waals surface area contributed by atoms with Gasteiger partial charge in [-0.1, -0.05) is 6.08 Å². The predicted molar refractivity (Wildman–Crippen MR) is 90.0 cm³/mol. The van der Waals surface area contributed by atoms with Crippen LogP contribution in [0.1, 0.15) is 30.1 Å². The second-order valence-electron chi connectivity index (χ2n) is 5.34. The molecular formula is C20H18O3. The fraction of sp³-hybridized carbons (Fsp3) is 0.150. The van der Waals surface area contributed by atoms with Gasteiger partial charge in [0.1, 0.15) is 23.0 Å². The van der Waals surface area contributed by atoms with Crippen molar-refractivity contribution in [2.75, 3.05) is 0 Å². The van der Waals surface area contributed by atoms with Crippen molar-refractivity contribution in [2.45, 2.75) is 19.8 Å². The molecule has 0 saturated carbocycles. The molecular weight excluding hydrogens is 288 g/mol. The molecule has 3 nitrogen and oxygen atoms in total. The Morgan fingerprint density at radius 3 is 1.91 bits per heavy atom. The number of carbonyl (C=O) groups is 1. The standard InChI is InChI=1S/C20H18O3/c1-15(21)16-7-9-18(10-8-16)23-20-13-11-19(12-14-20)22-17-5-3-2-4-6-17/h3,5-14H,2,4H2,1H3. The summed E-state index contributed by atoms with van der Waals surface area (Å²) in [5.74, 6) is 3.12. The molecule has 0 aliphatic heterocycles. The van der Waals surface area contributed by atoms with E-state index in [-0.39, 0.29) is 5.78 Å². The Balaban J connectivity index is 1.64. The van der Waals surface area contributed by atoms with Crippen molar-refractivity contribution in [3.05, 3.63) is 78.1 Å². The minimum atomic E-state index is 0.0455. The number of rotatable bonds is 5. The van der Waals surface area contributed by atoms with E-state index in [0.717, 1.165) is 30.1 Å². The van der Waals surface area contributed by atoms with Crippen LogP contribution in [-0.4, -0.2) is 5.78 Å². The zero-order chi connectivity index (χ0) is 16.1. The highest BCUT2D eigenvalue weighted by Gasteiger charge is 2.03. The van der Waals surface area contributed by atoms with Crippen molar-refractivity contribution in [3.8, 4) is 17.2 Å². The summed E-state index contributed by atoms with van der Waals surface area (Å²) in [7, 11) is 0. The molecule has 3 rings (SSSR count). The summed E-state index contributed by atoms with van der Waals surface area (Å²) in [6.07, 6.45) is 8.27. The molecule has 0 spiro atoms. The van der Waals surface area contributed by atoms with E-state index in [1.807, 2.05) is 30.3 Å². The molecule has 116 valence electrons. The molecule has 0 heterocycles. The van der Waals surface area contributed by atoms with Gasteiger partial charge in [-0.15, -0.1) is 0 Å². The summed E-state index contributed by atoms with van der Waals surface area (Å²) in [6, 6.07) is 14.6. The van der Waals surface area contributed by atoms with Gasteiger partial charge in [-0.2, -0.15) is 0 Å². The normalized spacial score (nSPS) is 13.3. The van der Waals surface area contributed by atoms with E-state index in [1.165, 1.54) is 0 Å². The Labute approximate surface area is 135 Å². The largest absolute Gasteiger partial charge is 0.458 e. The van der Waals surface area contributed by atoms with Crippen molar-refractivity contribution in [1.29, 1.82) is 0 Å². The van der Waals surface area contributed by atoms with Crippen molar-refractivity contribution < 1.29 is 14.3 Å². The molecule has 0 atom stereocenters. The Morgan fingerprint density at radius 1 is 0.826 bits per heavy atom. The molecule has 0 radical (unpaired) electrons. The van der Waals surface area contributed by atoms with Gasteiger partial charge in [0.25, 0.3) is 0 Å². The first-order valence-corrected chi connectivity index (χ1v) is 7.64. The maximum absolute atomic E-state index is 11.3. The van der Waals surface area contributed by atoms with E-state index >= 15 is 0 Å². The van der Waals surface area contributed by atoms with Crippen LogP contribution in [0.15, 0.2) is 72.5 Å². The van der Waals surface area contributed by atoms with Crippen molar-refractivity contribution in [3.63, 3.8) is 0 Å². The zero-order valence-electron chi connectivity index (χ0n) is 13.0. The summed E-state index contributed by atoms with van der Waals surface area (Å²) in [4.78, 5) is 11.3. The van der Waals surface area contributed by atoms with E-state index in [0.29, 0.717) is 11.3 Å². The minimum absolute atomic E-state index is 0.0455. The van der Waals surface area contributed by atoms with Gasteiger partial charge >= 0.3 is 0 Å². The van der Waals surface area contributed by atoms with Crippen LogP contribution in [0, 0.1) is 0 Å². The van der Waals surface area contributed by atoms with Crippen LogP contribution in [0.3, 0.4) is 0 Å². The second-order valence-corrected chi connectivity index (χ2v) is 5.34. The Hall–Kier alpha value is -2.81. The highest BCUT2D eigenvalue weighted by Crippen LogP contribution is 2.25. The van der Waals surface area contributed by atoms with Crippen molar-refractivity contribution in [1.82, 2.24) is 0 Å².